The highest BCUT2D eigenvalue weighted by atomic mass is 16.4. The summed E-state index contributed by atoms with van der Waals surface area (Å²) in [5, 5.41) is 9.19. The van der Waals surface area contributed by atoms with Crippen molar-refractivity contribution < 1.29 is 14.7 Å². The van der Waals surface area contributed by atoms with Crippen LogP contribution < -0.4 is 0 Å². The van der Waals surface area contributed by atoms with Crippen LogP contribution >= 0.6 is 0 Å². The molecular weight excluding hydrogens is 268 g/mol. The Labute approximate surface area is 127 Å². The molecule has 2 fully saturated rings. The molecule has 2 rings (SSSR count). The van der Waals surface area contributed by atoms with Gasteiger partial charge in [0.25, 0.3) is 0 Å². The first-order chi connectivity index (χ1) is 9.75. The van der Waals surface area contributed by atoms with E-state index in [9.17, 15) is 14.7 Å². The second-order valence-electron chi connectivity index (χ2n) is 7.46. The van der Waals surface area contributed by atoms with Gasteiger partial charge in [-0.15, -0.1) is 0 Å². The van der Waals surface area contributed by atoms with Crippen LogP contribution in [0.1, 0.15) is 34.1 Å². The molecule has 5 heteroatoms. The molecule has 1 aliphatic carbocycles. The maximum Gasteiger partial charge on any atom is 0.307 e. The van der Waals surface area contributed by atoms with Gasteiger partial charge in [-0.2, -0.15) is 0 Å². The van der Waals surface area contributed by atoms with Gasteiger partial charge in [-0.25, -0.2) is 0 Å². The van der Waals surface area contributed by atoms with Crippen LogP contribution in [0.25, 0.3) is 0 Å². The van der Waals surface area contributed by atoms with Crippen LogP contribution in [0.3, 0.4) is 0 Å². The third-order valence-corrected chi connectivity index (χ3v) is 5.07. The summed E-state index contributed by atoms with van der Waals surface area (Å²) in [4.78, 5) is 28.0. The van der Waals surface area contributed by atoms with E-state index in [1.165, 1.54) is 6.42 Å². The number of carboxylic acids is 1. The Morgan fingerprint density at radius 1 is 1.14 bits per heavy atom. The van der Waals surface area contributed by atoms with Gasteiger partial charge in [0.1, 0.15) is 0 Å². The van der Waals surface area contributed by atoms with Gasteiger partial charge < -0.3 is 10.0 Å². The van der Waals surface area contributed by atoms with E-state index in [4.69, 9.17) is 0 Å². The lowest BCUT2D eigenvalue weighted by molar-refractivity contribution is -0.142. The van der Waals surface area contributed by atoms with E-state index in [0.29, 0.717) is 5.92 Å². The molecule has 0 radical (unpaired) electrons. The van der Waals surface area contributed by atoms with Crippen molar-refractivity contribution in [2.24, 2.45) is 23.2 Å². The predicted molar refractivity (Wildman–Crippen MR) is 80.9 cm³/mol. The largest absolute Gasteiger partial charge is 0.481 e. The Balaban J connectivity index is 1.83. The lowest BCUT2D eigenvalue weighted by Crippen LogP contribution is -2.49. The van der Waals surface area contributed by atoms with Crippen molar-refractivity contribution in [1.29, 1.82) is 0 Å². The van der Waals surface area contributed by atoms with E-state index in [0.717, 1.165) is 32.7 Å². The van der Waals surface area contributed by atoms with Crippen molar-refractivity contribution >= 4 is 11.9 Å². The Morgan fingerprint density at radius 3 is 2.14 bits per heavy atom. The number of carbonyl (C=O) groups is 2. The van der Waals surface area contributed by atoms with Crippen LogP contribution in [0.5, 0.6) is 0 Å². The SMILES string of the molecule is CC(C)CCN1CCN(C(=O)[C@H]2[C@@H](C(=O)O)C2(C)C)CC1. The van der Waals surface area contributed by atoms with Crippen molar-refractivity contribution in [1.82, 2.24) is 9.80 Å². The van der Waals surface area contributed by atoms with Crippen LogP contribution in [0.4, 0.5) is 0 Å². The average Bonchev–Trinajstić information content (AvgIpc) is 2.99. The Kier molecular flexibility index (Phi) is 4.61. The molecule has 21 heavy (non-hydrogen) atoms. The molecule has 1 aliphatic heterocycles. The summed E-state index contributed by atoms with van der Waals surface area (Å²) < 4.78 is 0. The highest BCUT2D eigenvalue weighted by Gasteiger charge is 2.66. The zero-order chi connectivity index (χ0) is 15.8. The molecule has 2 atom stereocenters. The predicted octanol–water partition coefficient (Wildman–Crippen LogP) is 1.53. The van der Waals surface area contributed by atoms with Gasteiger partial charge in [0.15, 0.2) is 0 Å². The number of aliphatic carboxylic acids is 1. The molecule has 120 valence electrons. The third kappa shape index (κ3) is 3.39. The Hall–Kier alpha value is -1.10. The van der Waals surface area contributed by atoms with E-state index in [1.807, 2.05) is 18.7 Å². The van der Waals surface area contributed by atoms with Gasteiger partial charge in [0.05, 0.1) is 11.8 Å². The minimum Gasteiger partial charge on any atom is -0.481 e. The minimum atomic E-state index is -0.839. The van der Waals surface area contributed by atoms with E-state index in [2.05, 4.69) is 18.7 Å². The summed E-state index contributed by atoms with van der Waals surface area (Å²) in [5.41, 5.74) is -0.391. The monoisotopic (exact) mass is 296 g/mol. The van der Waals surface area contributed by atoms with Gasteiger partial charge in [-0.05, 0) is 24.3 Å². The van der Waals surface area contributed by atoms with Gasteiger partial charge in [0, 0.05) is 26.2 Å². The van der Waals surface area contributed by atoms with Gasteiger partial charge in [0.2, 0.25) is 5.91 Å². The standard InChI is InChI=1S/C16H28N2O3/c1-11(2)5-6-17-7-9-18(10-8-17)14(19)12-13(15(20)21)16(12,3)4/h11-13H,5-10H2,1-4H3,(H,20,21)/t12-,13+/m1/s1. The van der Waals surface area contributed by atoms with Crippen molar-refractivity contribution in [2.45, 2.75) is 34.1 Å². The quantitative estimate of drug-likeness (QED) is 0.836. The molecule has 0 aromatic carbocycles. The number of carbonyl (C=O) groups excluding carboxylic acids is 1. The van der Waals surface area contributed by atoms with Gasteiger partial charge >= 0.3 is 5.97 Å². The second kappa shape index (κ2) is 5.95. The molecule has 1 saturated carbocycles. The molecular formula is C16H28N2O3. The van der Waals surface area contributed by atoms with E-state index in [-0.39, 0.29) is 11.8 Å². The number of carboxylic acid groups (broad SMARTS) is 1. The molecule has 1 N–H and O–H groups in total. The van der Waals surface area contributed by atoms with Gasteiger partial charge in [-0.1, -0.05) is 27.7 Å². The fraction of sp³-hybridized carbons (Fsp3) is 0.875. The first-order valence-electron chi connectivity index (χ1n) is 7.99. The lowest BCUT2D eigenvalue weighted by atomic mass is 10.1. The Morgan fingerprint density at radius 2 is 1.71 bits per heavy atom. The van der Waals surface area contributed by atoms with Crippen molar-refractivity contribution in [2.75, 3.05) is 32.7 Å². The first kappa shape index (κ1) is 16.3. The topological polar surface area (TPSA) is 60.9 Å². The number of hydrogen-bond donors (Lipinski definition) is 1. The van der Waals surface area contributed by atoms with Crippen LogP contribution in [-0.2, 0) is 9.59 Å². The minimum absolute atomic E-state index is 0.0379. The molecule has 0 unspecified atom stereocenters. The maximum absolute atomic E-state index is 12.5. The van der Waals surface area contributed by atoms with Crippen LogP contribution in [0, 0.1) is 23.2 Å². The highest BCUT2D eigenvalue weighted by Crippen LogP contribution is 2.59. The molecule has 2 aliphatic rings. The number of piperazine rings is 1. The first-order valence-corrected chi connectivity index (χ1v) is 7.99. The molecule has 0 bridgehead atoms. The molecule has 1 heterocycles. The van der Waals surface area contributed by atoms with Crippen LogP contribution in [-0.4, -0.2) is 59.5 Å². The highest BCUT2D eigenvalue weighted by molar-refractivity contribution is 5.91. The number of nitrogens with zero attached hydrogens (tertiary/aromatic N) is 2. The van der Waals surface area contributed by atoms with E-state index < -0.39 is 17.3 Å². The fourth-order valence-corrected chi connectivity index (χ4v) is 3.39. The summed E-state index contributed by atoms with van der Waals surface area (Å²) in [7, 11) is 0. The summed E-state index contributed by atoms with van der Waals surface area (Å²) >= 11 is 0. The summed E-state index contributed by atoms with van der Waals surface area (Å²) in [6.07, 6.45) is 1.19. The molecule has 0 aromatic rings. The zero-order valence-corrected chi connectivity index (χ0v) is 13.6. The summed E-state index contributed by atoms with van der Waals surface area (Å²) in [6, 6.07) is 0. The third-order valence-electron chi connectivity index (χ3n) is 5.07. The molecule has 5 nitrogen and oxygen atoms in total. The summed E-state index contributed by atoms with van der Waals surface area (Å²) in [6.45, 7) is 12.6. The van der Waals surface area contributed by atoms with Crippen LogP contribution in [0.15, 0.2) is 0 Å². The van der Waals surface area contributed by atoms with Crippen molar-refractivity contribution in [3.8, 4) is 0 Å². The molecule has 0 aromatic heterocycles. The van der Waals surface area contributed by atoms with E-state index in [1.54, 1.807) is 0 Å². The normalized spacial score (nSPS) is 28.7. The number of rotatable bonds is 5. The van der Waals surface area contributed by atoms with Crippen molar-refractivity contribution in [3.63, 3.8) is 0 Å². The Bertz CT molecular complexity index is 412. The molecule has 0 spiro atoms. The van der Waals surface area contributed by atoms with Gasteiger partial charge in [-0.3, -0.25) is 14.5 Å². The zero-order valence-electron chi connectivity index (χ0n) is 13.6. The summed E-state index contributed by atoms with van der Waals surface area (Å²) in [5.74, 6) is -0.945. The number of hydrogen-bond acceptors (Lipinski definition) is 3. The molecule has 1 amide bonds. The smallest absolute Gasteiger partial charge is 0.307 e. The average molecular weight is 296 g/mol. The van der Waals surface area contributed by atoms with Crippen molar-refractivity contribution in [3.05, 3.63) is 0 Å². The second-order valence-corrected chi connectivity index (χ2v) is 7.46. The fourth-order valence-electron chi connectivity index (χ4n) is 3.39. The lowest BCUT2D eigenvalue weighted by Gasteiger charge is -2.35. The van der Waals surface area contributed by atoms with Crippen LogP contribution in [0.2, 0.25) is 0 Å². The molecule has 1 saturated heterocycles. The van der Waals surface area contributed by atoms with E-state index >= 15 is 0 Å². The maximum atomic E-state index is 12.5. The number of amides is 1.